The Balaban J connectivity index is 1.08. The van der Waals surface area contributed by atoms with Crippen molar-refractivity contribution in [3.63, 3.8) is 0 Å². The van der Waals surface area contributed by atoms with E-state index in [4.69, 9.17) is 15.0 Å². The molecular weight excluding hydrogens is 683 g/mol. The summed E-state index contributed by atoms with van der Waals surface area (Å²) in [7, 11) is 0. The lowest BCUT2D eigenvalue weighted by atomic mass is 9.96. The van der Waals surface area contributed by atoms with Crippen LogP contribution in [0.5, 0.6) is 0 Å². The van der Waals surface area contributed by atoms with Crippen molar-refractivity contribution < 1.29 is 0 Å². The van der Waals surface area contributed by atoms with Gasteiger partial charge in [-0.05, 0) is 52.9 Å². The van der Waals surface area contributed by atoms with Gasteiger partial charge in [0.25, 0.3) is 0 Å². The van der Waals surface area contributed by atoms with E-state index in [1.807, 2.05) is 60.7 Å². The molecule has 0 spiro atoms. The quantitative estimate of drug-likeness (QED) is 0.178. The molecule has 10 aromatic rings. The van der Waals surface area contributed by atoms with Crippen molar-refractivity contribution in [2.24, 2.45) is 0 Å². The summed E-state index contributed by atoms with van der Waals surface area (Å²) in [6.07, 6.45) is 0. The van der Waals surface area contributed by atoms with Crippen LogP contribution in [0.3, 0.4) is 0 Å². The van der Waals surface area contributed by atoms with Crippen LogP contribution in [0.15, 0.2) is 200 Å². The van der Waals surface area contributed by atoms with Gasteiger partial charge in [0.05, 0.1) is 16.9 Å². The van der Waals surface area contributed by atoms with Gasteiger partial charge < -0.3 is 0 Å². The summed E-state index contributed by atoms with van der Waals surface area (Å²) in [6, 6.07) is 70.6. The smallest absolute Gasteiger partial charge is 0.164 e. The van der Waals surface area contributed by atoms with E-state index >= 15 is 0 Å². The van der Waals surface area contributed by atoms with Crippen LogP contribution in [0, 0.1) is 0 Å². The standard InChI is InChI=1S/C51H33N5/c1-3-16-35(17-4-1)49-52-50(36-18-5-2-6-19-36)54-51(53-49)40-23-13-21-37(31-40)38-22-14-24-41(32-38)55-46-28-12-10-26-43(46)44-30-29-34-15-7-9-25-42(34)48(44)56-45-27-11-8-20-39(45)33-47(55)56/h1-33H. The molecule has 2 aromatic heterocycles. The Labute approximate surface area is 324 Å². The number of aromatic nitrogens is 4. The number of benzene rings is 8. The van der Waals surface area contributed by atoms with E-state index in [2.05, 4.69) is 149 Å². The molecule has 5 nitrogen and oxygen atoms in total. The highest BCUT2D eigenvalue weighted by Gasteiger charge is 2.29. The molecule has 0 aliphatic carbocycles. The third kappa shape index (κ3) is 5.29. The van der Waals surface area contributed by atoms with E-state index < -0.39 is 0 Å². The zero-order valence-electron chi connectivity index (χ0n) is 30.3. The zero-order chi connectivity index (χ0) is 37.0. The molecule has 8 aromatic carbocycles. The molecule has 3 heterocycles. The summed E-state index contributed by atoms with van der Waals surface area (Å²) in [5.41, 5.74) is 11.9. The number of para-hydroxylation sites is 2. The monoisotopic (exact) mass is 715 g/mol. The van der Waals surface area contributed by atoms with Gasteiger partial charge in [0.15, 0.2) is 17.5 Å². The molecule has 0 amide bonds. The zero-order valence-corrected chi connectivity index (χ0v) is 30.3. The average molecular weight is 716 g/mol. The van der Waals surface area contributed by atoms with Crippen molar-refractivity contribution in [2.45, 2.75) is 0 Å². The molecule has 0 saturated heterocycles. The lowest BCUT2D eigenvalue weighted by Crippen LogP contribution is -2.13. The van der Waals surface area contributed by atoms with Crippen molar-refractivity contribution in [1.29, 1.82) is 0 Å². The second-order valence-corrected chi connectivity index (χ2v) is 14.1. The van der Waals surface area contributed by atoms with E-state index in [1.54, 1.807) is 0 Å². The minimum atomic E-state index is 0.631. The SMILES string of the molecule is c1ccc(-c2nc(-c3ccccc3)nc(-c3cccc(-c4cccc(N5c6ccccc6-c6ccc7ccccc7c6-n6c5cc5ccccc56)c4)c3)n2)cc1. The molecule has 1 aliphatic rings. The highest BCUT2D eigenvalue weighted by Crippen LogP contribution is 2.50. The van der Waals surface area contributed by atoms with E-state index in [9.17, 15) is 0 Å². The molecule has 0 unspecified atom stereocenters. The summed E-state index contributed by atoms with van der Waals surface area (Å²) in [5, 5.41) is 3.63. The number of rotatable bonds is 5. The minimum Gasteiger partial charge on any atom is -0.295 e. The maximum Gasteiger partial charge on any atom is 0.164 e. The van der Waals surface area contributed by atoms with Gasteiger partial charge in [0, 0.05) is 44.3 Å². The average Bonchev–Trinajstić information content (AvgIpc) is 3.59. The topological polar surface area (TPSA) is 46.8 Å². The van der Waals surface area contributed by atoms with Gasteiger partial charge in [-0.15, -0.1) is 0 Å². The van der Waals surface area contributed by atoms with Crippen LogP contribution in [0.1, 0.15) is 0 Å². The van der Waals surface area contributed by atoms with Crippen LogP contribution in [-0.4, -0.2) is 19.5 Å². The fraction of sp³-hybridized carbons (Fsp3) is 0. The number of hydrogen-bond donors (Lipinski definition) is 0. The number of hydrogen-bond acceptors (Lipinski definition) is 4. The number of nitrogens with zero attached hydrogens (tertiary/aromatic N) is 5. The molecule has 0 radical (unpaired) electrons. The first-order chi connectivity index (χ1) is 27.8. The van der Waals surface area contributed by atoms with Crippen molar-refractivity contribution in [2.75, 3.05) is 4.90 Å². The second kappa shape index (κ2) is 13.0. The molecule has 5 heteroatoms. The van der Waals surface area contributed by atoms with Crippen LogP contribution in [0.2, 0.25) is 0 Å². The summed E-state index contributed by atoms with van der Waals surface area (Å²) >= 11 is 0. The highest BCUT2D eigenvalue weighted by molar-refractivity contribution is 6.06. The first kappa shape index (κ1) is 31.9. The van der Waals surface area contributed by atoms with E-state index in [1.165, 1.54) is 38.5 Å². The normalized spacial score (nSPS) is 11.9. The van der Waals surface area contributed by atoms with E-state index in [0.29, 0.717) is 17.5 Å². The molecular formula is C51H33N5. The maximum atomic E-state index is 5.01. The molecule has 0 atom stereocenters. The van der Waals surface area contributed by atoms with Gasteiger partial charge in [-0.3, -0.25) is 9.47 Å². The molecule has 1 aliphatic heterocycles. The van der Waals surface area contributed by atoms with Crippen LogP contribution in [-0.2, 0) is 0 Å². The molecule has 0 bridgehead atoms. The number of anilines is 3. The van der Waals surface area contributed by atoms with Crippen LogP contribution in [0.25, 0.3) is 83.8 Å². The lowest BCUT2D eigenvalue weighted by Gasteiger charge is -2.26. The van der Waals surface area contributed by atoms with E-state index in [0.717, 1.165) is 45.0 Å². The minimum absolute atomic E-state index is 0.631. The molecule has 0 saturated carbocycles. The molecule has 262 valence electrons. The summed E-state index contributed by atoms with van der Waals surface area (Å²) in [6.45, 7) is 0. The van der Waals surface area contributed by atoms with Crippen molar-refractivity contribution in [3.05, 3.63) is 200 Å². The predicted octanol–water partition coefficient (Wildman–Crippen LogP) is 13.1. The first-order valence-electron chi connectivity index (χ1n) is 18.9. The fourth-order valence-electron chi connectivity index (χ4n) is 8.14. The Morgan fingerprint density at radius 1 is 0.357 bits per heavy atom. The predicted molar refractivity (Wildman–Crippen MR) is 230 cm³/mol. The van der Waals surface area contributed by atoms with Crippen LogP contribution < -0.4 is 4.90 Å². The van der Waals surface area contributed by atoms with Gasteiger partial charge in [-0.1, -0.05) is 164 Å². The Kier molecular flexibility index (Phi) is 7.42. The Bertz CT molecular complexity index is 3040. The molecule has 11 rings (SSSR count). The Hall–Kier alpha value is -7.63. The third-order valence-corrected chi connectivity index (χ3v) is 10.7. The Morgan fingerprint density at radius 2 is 0.929 bits per heavy atom. The maximum absolute atomic E-state index is 5.01. The molecule has 0 fully saturated rings. The van der Waals surface area contributed by atoms with Crippen LogP contribution >= 0.6 is 0 Å². The van der Waals surface area contributed by atoms with Crippen molar-refractivity contribution in [1.82, 2.24) is 19.5 Å². The summed E-state index contributed by atoms with van der Waals surface area (Å²) in [4.78, 5) is 17.4. The van der Waals surface area contributed by atoms with Crippen LogP contribution in [0.4, 0.5) is 17.2 Å². The van der Waals surface area contributed by atoms with Gasteiger partial charge in [0.2, 0.25) is 0 Å². The van der Waals surface area contributed by atoms with Gasteiger partial charge in [-0.2, -0.15) is 0 Å². The van der Waals surface area contributed by atoms with Crippen molar-refractivity contribution in [3.8, 4) is 62.1 Å². The third-order valence-electron chi connectivity index (χ3n) is 10.7. The number of fused-ring (bicyclic) bond motifs is 9. The van der Waals surface area contributed by atoms with Gasteiger partial charge >= 0.3 is 0 Å². The highest BCUT2D eigenvalue weighted by atomic mass is 15.3. The Morgan fingerprint density at radius 3 is 1.70 bits per heavy atom. The molecule has 0 N–H and O–H groups in total. The van der Waals surface area contributed by atoms with Crippen molar-refractivity contribution >= 4 is 38.9 Å². The molecule has 56 heavy (non-hydrogen) atoms. The van der Waals surface area contributed by atoms with Gasteiger partial charge in [0.1, 0.15) is 5.82 Å². The van der Waals surface area contributed by atoms with E-state index in [-0.39, 0.29) is 0 Å². The van der Waals surface area contributed by atoms with Gasteiger partial charge in [-0.25, -0.2) is 15.0 Å². The summed E-state index contributed by atoms with van der Waals surface area (Å²) in [5.74, 6) is 3.01. The lowest BCUT2D eigenvalue weighted by molar-refractivity contribution is 1.07. The fourth-order valence-corrected chi connectivity index (χ4v) is 8.14. The second-order valence-electron chi connectivity index (χ2n) is 14.1. The first-order valence-corrected chi connectivity index (χ1v) is 18.9. The largest absolute Gasteiger partial charge is 0.295 e. The summed E-state index contributed by atoms with van der Waals surface area (Å²) < 4.78 is 2.45.